The molecule has 10 nitrogen and oxygen atoms in total. The average molecular weight is 523 g/mol. The normalized spacial score (nSPS) is 14.7. The van der Waals surface area contributed by atoms with Crippen molar-refractivity contribution < 1.29 is 23.5 Å². The lowest BCUT2D eigenvalue weighted by atomic mass is 10.0. The number of carbonyl (C=O) groups excluding carboxylic acids is 1. The number of rotatable bonds is 11. The third kappa shape index (κ3) is 6.18. The number of likely N-dealkylation sites (N-methyl/N-ethyl adjacent to an activating group) is 1. The van der Waals surface area contributed by atoms with Crippen LogP contribution in [0.2, 0.25) is 0 Å². The largest absolute Gasteiger partial charge is 0.494 e. The minimum Gasteiger partial charge on any atom is -0.494 e. The Hall–Kier alpha value is -4.22. The lowest BCUT2D eigenvalue weighted by Gasteiger charge is -2.25. The number of aromatic nitrogens is 2. The zero-order chi connectivity index (χ0) is 27.1. The van der Waals surface area contributed by atoms with E-state index in [1.807, 2.05) is 24.1 Å². The van der Waals surface area contributed by atoms with E-state index < -0.39 is 0 Å². The monoisotopic (exact) mass is 522 g/mol. The number of carbonyl (C=O) groups is 1. The van der Waals surface area contributed by atoms with Crippen LogP contribution in [-0.4, -0.2) is 56.9 Å². The van der Waals surface area contributed by atoms with Gasteiger partial charge in [0.25, 0.3) is 0 Å². The van der Waals surface area contributed by atoms with Crippen molar-refractivity contribution in [3.63, 3.8) is 0 Å². The maximum absolute atomic E-state index is 13.9. The molecule has 1 aromatic heterocycles. The molecule has 1 aliphatic heterocycles. The van der Waals surface area contributed by atoms with Gasteiger partial charge in [0.2, 0.25) is 5.91 Å². The van der Waals surface area contributed by atoms with Crippen LogP contribution in [-0.2, 0) is 14.4 Å². The van der Waals surface area contributed by atoms with E-state index in [1.54, 1.807) is 37.5 Å². The molecular weight excluding hydrogens is 491 g/mol. The third-order valence-electron chi connectivity index (χ3n) is 6.08. The molecule has 38 heavy (non-hydrogen) atoms. The first kappa shape index (κ1) is 26.8. The molecule has 0 saturated carbocycles. The van der Waals surface area contributed by atoms with Gasteiger partial charge in [-0.05, 0) is 29.8 Å². The Bertz CT molecular complexity index is 1290. The Kier molecular flexibility index (Phi) is 8.72. The fourth-order valence-electron chi connectivity index (χ4n) is 4.17. The van der Waals surface area contributed by atoms with Gasteiger partial charge in [0.1, 0.15) is 23.7 Å². The molecule has 0 aliphatic carbocycles. The first-order valence-corrected chi connectivity index (χ1v) is 12.1. The summed E-state index contributed by atoms with van der Waals surface area (Å²) in [6.07, 6.45) is 3.31. The molecule has 3 aromatic rings. The first-order valence-electron chi connectivity index (χ1n) is 12.1. The predicted molar refractivity (Wildman–Crippen MR) is 144 cm³/mol. The zero-order valence-corrected chi connectivity index (χ0v) is 21.6. The van der Waals surface area contributed by atoms with E-state index in [9.17, 15) is 9.18 Å². The molecule has 1 amide bonds. The van der Waals surface area contributed by atoms with Crippen molar-refractivity contribution in [2.75, 3.05) is 61.6 Å². The zero-order valence-electron chi connectivity index (χ0n) is 21.6. The third-order valence-corrected chi connectivity index (χ3v) is 6.08. The van der Waals surface area contributed by atoms with E-state index in [-0.39, 0.29) is 17.8 Å². The maximum Gasteiger partial charge on any atom is 0.247 e. The minimum absolute atomic E-state index is 0.189. The molecule has 1 fully saturated rings. The van der Waals surface area contributed by atoms with Crippen molar-refractivity contribution >= 4 is 34.6 Å². The molecule has 11 heteroatoms. The minimum atomic E-state index is -0.346. The molecule has 1 atom stereocenters. The molecule has 0 radical (unpaired) electrons. The Morgan fingerprint density at radius 3 is 2.84 bits per heavy atom. The van der Waals surface area contributed by atoms with E-state index in [2.05, 4.69) is 27.2 Å². The van der Waals surface area contributed by atoms with Gasteiger partial charge >= 0.3 is 0 Å². The van der Waals surface area contributed by atoms with Gasteiger partial charge in [-0.3, -0.25) is 9.63 Å². The van der Waals surface area contributed by atoms with Gasteiger partial charge in [-0.15, -0.1) is 0 Å². The van der Waals surface area contributed by atoms with Crippen LogP contribution < -0.4 is 25.3 Å². The SMILES string of the molecule is C=CC(=O)Nc1cc(Nc2cc(N3OCCC3c3cccc(F)c3)ncn2)c(OC)cc1N(C)CCOC. The smallest absolute Gasteiger partial charge is 0.247 e. The number of amides is 1. The fraction of sp³-hybridized carbons (Fsp3) is 0.296. The molecular formula is C27H31FN6O4. The van der Waals surface area contributed by atoms with Crippen molar-refractivity contribution in [1.82, 2.24) is 9.97 Å². The first-order chi connectivity index (χ1) is 18.4. The van der Waals surface area contributed by atoms with Gasteiger partial charge in [-0.2, -0.15) is 0 Å². The van der Waals surface area contributed by atoms with Crippen molar-refractivity contribution in [3.05, 3.63) is 72.8 Å². The highest BCUT2D eigenvalue weighted by Crippen LogP contribution is 2.39. The lowest BCUT2D eigenvalue weighted by Crippen LogP contribution is -2.24. The highest BCUT2D eigenvalue weighted by molar-refractivity contribution is 6.02. The molecule has 0 bridgehead atoms. The van der Waals surface area contributed by atoms with E-state index >= 15 is 0 Å². The Morgan fingerprint density at radius 1 is 1.26 bits per heavy atom. The van der Waals surface area contributed by atoms with E-state index in [1.165, 1.54) is 24.5 Å². The number of benzene rings is 2. The summed E-state index contributed by atoms with van der Waals surface area (Å²) in [5.41, 5.74) is 2.67. The summed E-state index contributed by atoms with van der Waals surface area (Å²) in [5.74, 6) is 0.882. The quantitative estimate of drug-likeness (QED) is 0.354. The Morgan fingerprint density at radius 2 is 2.11 bits per heavy atom. The molecule has 1 aliphatic rings. The van der Waals surface area contributed by atoms with Crippen LogP contribution in [0.4, 0.5) is 33.1 Å². The standard InChI is InChI=1S/C27H31FN6O4/c1-5-27(35)32-20-14-21(24(37-4)15-23(20)33(2)10-12-36-3)31-25-16-26(30-17-29-25)34-22(9-11-38-34)18-7-6-8-19(28)13-18/h5-8,13-17,22H,1,9-12H2,2-4H3,(H,32,35)(H,29,30,31). The summed E-state index contributed by atoms with van der Waals surface area (Å²) < 4.78 is 24.7. The molecule has 1 unspecified atom stereocenters. The molecule has 2 N–H and O–H groups in total. The van der Waals surface area contributed by atoms with Gasteiger partial charge in [0, 0.05) is 39.3 Å². The van der Waals surface area contributed by atoms with E-state index in [4.69, 9.17) is 14.3 Å². The Balaban J connectivity index is 1.64. The van der Waals surface area contributed by atoms with Gasteiger partial charge in [0.05, 0.1) is 43.4 Å². The van der Waals surface area contributed by atoms with Crippen LogP contribution >= 0.6 is 0 Å². The van der Waals surface area contributed by atoms with Crippen LogP contribution in [0.15, 0.2) is 61.4 Å². The number of nitrogens with one attached hydrogen (secondary N) is 2. The highest BCUT2D eigenvalue weighted by Gasteiger charge is 2.29. The number of ether oxygens (including phenoxy) is 2. The lowest BCUT2D eigenvalue weighted by molar-refractivity contribution is -0.111. The number of nitrogens with zero attached hydrogens (tertiary/aromatic N) is 4. The van der Waals surface area contributed by atoms with Crippen molar-refractivity contribution in [2.24, 2.45) is 0 Å². The molecule has 2 heterocycles. The molecule has 1 saturated heterocycles. The van der Waals surface area contributed by atoms with Crippen molar-refractivity contribution in [3.8, 4) is 5.75 Å². The van der Waals surface area contributed by atoms with Crippen LogP contribution in [0.3, 0.4) is 0 Å². The predicted octanol–water partition coefficient (Wildman–Crippen LogP) is 4.46. The van der Waals surface area contributed by atoms with E-state index in [0.717, 1.165) is 11.3 Å². The second kappa shape index (κ2) is 12.3. The molecule has 2 aromatic carbocycles. The van der Waals surface area contributed by atoms with Crippen LogP contribution in [0.25, 0.3) is 0 Å². The summed E-state index contributed by atoms with van der Waals surface area (Å²) in [6.45, 7) is 5.13. The second-order valence-electron chi connectivity index (χ2n) is 8.58. The number of hydrogen-bond donors (Lipinski definition) is 2. The van der Waals surface area contributed by atoms with E-state index in [0.29, 0.717) is 54.9 Å². The average Bonchev–Trinajstić information content (AvgIpc) is 3.42. The number of hydroxylamine groups is 1. The van der Waals surface area contributed by atoms with Crippen LogP contribution in [0, 0.1) is 5.82 Å². The van der Waals surface area contributed by atoms with Crippen LogP contribution in [0.1, 0.15) is 18.0 Å². The van der Waals surface area contributed by atoms with Crippen molar-refractivity contribution in [1.29, 1.82) is 0 Å². The number of methoxy groups -OCH3 is 2. The fourth-order valence-corrected chi connectivity index (χ4v) is 4.17. The van der Waals surface area contributed by atoms with Gasteiger partial charge in [0.15, 0.2) is 5.82 Å². The maximum atomic E-state index is 13.9. The summed E-state index contributed by atoms with van der Waals surface area (Å²) in [6, 6.07) is 11.6. The summed E-state index contributed by atoms with van der Waals surface area (Å²) in [7, 11) is 5.09. The summed E-state index contributed by atoms with van der Waals surface area (Å²) in [4.78, 5) is 28.7. The number of halogens is 1. The number of anilines is 5. The van der Waals surface area contributed by atoms with Gasteiger partial charge < -0.3 is 25.0 Å². The summed E-state index contributed by atoms with van der Waals surface area (Å²) >= 11 is 0. The van der Waals surface area contributed by atoms with Crippen molar-refractivity contribution in [2.45, 2.75) is 12.5 Å². The molecule has 0 spiro atoms. The number of hydrogen-bond acceptors (Lipinski definition) is 9. The molecule has 4 rings (SSSR count). The summed E-state index contributed by atoms with van der Waals surface area (Å²) in [5, 5.41) is 7.78. The molecule has 200 valence electrons. The second-order valence-corrected chi connectivity index (χ2v) is 8.58. The van der Waals surface area contributed by atoms with Gasteiger partial charge in [-0.25, -0.2) is 19.4 Å². The van der Waals surface area contributed by atoms with Crippen LogP contribution in [0.5, 0.6) is 5.75 Å². The topological polar surface area (TPSA) is 101 Å². The van der Waals surface area contributed by atoms with Gasteiger partial charge in [-0.1, -0.05) is 18.7 Å². The highest BCUT2D eigenvalue weighted by atomic mass is 19.1. The Labute approximate surface area is 221 Å².